The van der Waals surface area contributed by atoms with Gasteiger partial charge in [0.15, 0.2) is 0 Å². The van der Waals surface area contributed by atoms with E-state index >= 15 is 0 Å². The number of hydrogen-bond donors (Lipinski definition) is 0. The van der Waals surface area contributed by atoms with Crippen LogP contribution in [0.25, 0.3) is 0 Å². The molecule has 0 saturated carbocycles. The lowest BCUT2D eigenvalue weighted by Gasteiger charge is -2.25. The summed E-state index contributed by atoms with van der Waals surface area (Å²) in [5.41, 5.74) is 0.453. The molecular formula is C12H25NO. The van der Waals surface area contributed by atoms with E-state index in [9.17, 15) is 0 Å². The van der Waals surface area contributed by atoms with Gasteiger partial charge in [0.2, 0.25) is 0 Å². The lowest BCUT2D eigenvalue weighted by Crippen LogP contribution is -2.33. The predicted molar refractivity (Wildman–Crippen MR) is 60.5 cm³/mol. The Labute approximate surface area is 88.6 Å². The monoisotopic (exact) mass is 199 g/mol. The molecule has 2 heteroatoms. The molecule has 1 atom stereocenters. The van der Waals surface area contributed by atoms with E-state index in [4.69, 9.17) is 4.74 Å². The summed E-state index contributed by atoms with van der Waals surface area (Å²) in [6, 6.07) is 0.601. The third-order valence-corrected chi connectivity index (χ3v) is 2.80. The highest BCUT2D eigenvalue weighted by Gasteiger charge is 2.35. The Bertz CT molecular complexity index is 193. The number of ether oxygens (including phenoxy) is 1. The van der Waals surface area contributed by atoms with Crippen LogP contribution in [0, 0.1) is 5.41 Å². The molecule has 2 nitrogen and oxygen atoms in total. The Hall–Kier alpha value is -0.0800. The molecule has 0 aromatic carbocycles. The first-order chi connectivity index (χ1) is 6.20. The van der Waals surface area contributed by atoms with Crippen molar-refractivity contribution in [2.75, 3.05) is 20.2 Å². The standard InChI is InChI=1S/C12H25NO/c1-11(2,3)14-8-10-7-12(4,5)9-13(10)6/h10H,7-9H2,1-6H3/t10-/m0/s1. The van der Waals surface area contributed by atoms with Gasteiger partial charge in [-0.25, -0.2) is 0 Å². The zero-order valence-electron chi connectivity index (χ0n) is 10.6. The predicted octanol–water partition coefficient (Wildman–Crippen LogP) is 2.53. The zero-order chi connectivity index (χ0) is 11.0. The van der Waals surface area contributed by atoms with Crippen LogP contribution in [-0.4, -0.2) is 36.7 Å². The Morgan fingerprint density at radius 2 is 1.93 bits per heavy atom. The minimum Gasteiger partial charge on any atom is -0.374 e. The van der Waals surface area contributed by atoms with Crippen LogP contribution in [0.1, 0.15) is 41.0 Å². The van der Waals surface area contributed by atoms with Crippen molar-refractivity contribution >= 4 is 0 Å². The first-order valence-corrected chi connectivity index (χ1v) is 5.54. The maximum atomic E-state index is 5.84. The fraction of sp³-hybridized carbons (Fsp3) is 1.00. The first kappa shape index (κ1) is 12.0. The topological polar surface area (TPSA) is 12.5 Å². The summed E-state index contributed by atoms with van der Waals surface area (Å²) in [6.45, 7) is 13.1. The van der Waals surface area contributed by atoms with Gasteiger partial charge in [-0.1, -0.05) is 13.8 Å². The minimum absolute atomic E-state index is 0.00638. The first-order valence-electron chi connectivity index (χ1n) is 5.54. The molecule has 1 fully saturated rings. The summed E-state index contributed by atoms with van der Waals surface area (Å²) >= 11 is 0. The number of likely N-dealkylation sites (N-methyl/N-ethyl adjacent to an activating group) is 1. The highest BCUT2D eigenvalue weighted by molar-refractivity contribution is 4.89. The molecule has 0 spiro atoms. The summed E-state index contributed by atoms with van der Waals surface area (Å²) in [5.74, 6) is 0. The van der Waals surface area contributed by atoms with Crippen molar-refractivity contribution in [3.63, 3.8) is 0 Å². The summed E-state index contributed by atoms with van der Waals surface area (Å²) in [5, 5.41) is 0. The van der Waals surface area contributed by atoms with E-state index in [1.165, 1.54) is 13.0 Å². The van der Waals surface area contributed by atoms with Crippen LogP contribution >= 0.6 is 0 Å². The zero-order valence-corrected chi connectivity index (χ0v) is 10.6. The average Bonchev–Trinajstić information content (AvgIpc) is 2.19. The van der Waals surface area contributed by atoms with Crippen LogP contribution in [0.5, 0.6) is 0 Å². The van der Waals surface area contributed by atoms with E-state index < -0.39 is 0 Å². The lowest BCUT2D eigenvalue weighted by molar-refractivity contribution is -0.0253. The smallest absolute Gasteiger partial charge is 0.0629 e. The molecule has 0 aromatic heterocycles. The van der Waals surface area contributed by atoms with Crippen molar-refractivity contribution in [3.05, 3.63) is 0 Å². The van der Waals surface area contributed by atoms with Crippen LogP contribution in [0.4, 0.5) is 0 Å². The molecule has 0 unspecified atom stereocenters. The molecule has 0 N–H and O–H groups in total. The van der Waals surface area contributed by atoms with E-state index in [0.717, 1.165) is 6.61 Å². The lowest BCUT2D eigenvalue weighted by atomic mass is 9.91. The van der Waals surface area contributed by atoms with Gasteiger partial charge in [0.1, 0.15) is 0 Å². The second-order valence-electron chi connectivity index (χ2n) is 6.36. The normalized spacial score (nSPS) is 28.3. The SMILES string of the molecule is CN1CC(C)(C)C[C@H]1COC(C)(C)C. The molecule has 1 aliphatic heterocycles. The molecule has 1 heterocycles. The van der Waals surface area contributed by atoms with Crippen molar-refractivity contribution in [3.8, 4) is 0 Å². The van der Waals surface area contributed by atoms with Gasteiger partial charge in [0, 0.05) is 12.6 Å². The summed E-state index contributed by atoms with van der Waals surface area (Å²) in [4.78, 5) is 2.42. The van der Waals surface area contributed by atoms with Gasteiger partial charge in [-0.15, -0.1) is 0 Å². The van der Waals surface area contributed by atoms with Crippen molar-refractivity contribution < 1.29 is 4.74 Å². The van der Waals surface area contributed by atoms with E-state index in [1.807, 2.05) is 0 Å². The van der Waals surface area contributed by atoms with E-state index in [0.29, 0.717) is 11.5 Å². The summed E-state index contributed by atoms with van der Waals surface area (Å²) in [7, 11) is 2.20. The molecule has 0 aromatic rings. The van der Waals surface area contributed by atoms with Gasteiger partial charge in [0.25, 0.3) is 0 Å². The highest BCUT2D eigenvalue weighted by atomic mass is 16.5. The Kier molecular flexibility index (Phi) is 3.27. The maximum absolute atomic E-state index is 5.84. The fourth-order valence-electron chi connectivity index (χ4n) is 2.19. The third kappa shape index (κ3) is 3.58. The molecule has 1 rings (SSSR count). The van der Waals surface area contributed by atoms with Gasteiger partial charge in [-0.3, -0.25) is 0 Å². The van der Waals surface area contributed by atoms with Gasteiger partial charge in [0.05, 0.1) is 12.2 Å². The second-order valence-corrected chi connectivity index (χ2v) is 6.36. The number of rotatable bonds is 2. The maximum Gasteiger partial charge on any atom is 0.0629 e. The number of nitrogens with zero attached hydrogens (tertiary/aromatic N) is 1. The fourth-order valence-corrected chi connectivity index (χ4v) is 2.19. The average molecular weight is 199 g/mol. The molecular weight excluding hydrogens is 174 g/mol. The van der Waals surface area contributed by atoms with Gasteiger partial charge < -0.3 is 9.64 Å². The van der Waals surface area contributed by atoms with Crippen LogP contribution in [0.15, 0.2) is 0 Å². The Morgan fingerprint density at radius 3 is 2.29 bits per heavy atom. The molecule has 1 saturated heterocycles. The molecule has 0 bridgehead atoms. The second kappa shape index (κ2) is 3.82. The van der Waals surface area contributed by atoms with Crippen LogP contribution in [0.2, 0.25) is 0 Å². The van der Waals surface area contributed by atoms with Crippen molar-refractivity contribution in [2.45, 2.75) is 52.7 Å². The number of hydrogen-bond acceptors (Lipinski definition) is 2. The highest BCUT2D eigenvalue weighted by Crippen LogP contribution is 2.33. The van der Waals surface area contributed by atoms with E-state index in [1.54, 1.807) is 0 Å². The molecule has 0 aliphatic carbocycles. The molecule has 0 amide bonds. The summed E-state index contributed by atoms with van der Waals surface area (Å²) < 4.78 is 5.84. The van der Waals surface area contributed by atoms with E-state index in [2.05, 4.69) is 46.6 Å². The minimum atomic E-state index is -0.00638. The third-order valence-electron chi connectivity index (χ3n) is 2.80. The van der Waals surface area contributed by atoms with Crippen LogP contribution in [-0.2, 0) is 4.74 Å². The van der Waals surface area contributed by atoms with Crippen LogP contribution in [0.3, 0.4) is 0 Å². The molecule has 0 radical (unpaired) electrons. The largest absolute Gasteiger partial charge is 0.374 e. The van der Waals surface area contributed by atoms with Gasteiger partial charge in [-0.05, 0) is 39.7 Å². The number of likely N-dealkylation sites (tertiary alicyclic amines) is 1. The molecule has 14 heavy (non-hydrogen) atoms. The quantitative estimate of drug-likeness (QED) is 0.677. The van der Waals surface area contributed by atoms with Gasteiger partial charge >= 0.3 is 0 Å². The van der Waals surface area contributed by atoms with Crippen molar-refractivity contribution in [2.24, 2.45) is 5.41 Å². The Balaban J connectivity index is 2.40. The van der Waals surface area contributed by atoms with Crippen LogP contribution < -0.4 is 0 Å². The molecule has 84 valence electrons. The van der Waals surface area contributed by atoms with Crippen molar-refractivity contribution in [1.82, 2.24) is 4.90 Å². The Morgan fingerprint density at radius 1 is 1.36 bits per heavy atom. The van der Waals surface area contributed by atoms with E-state index in [-0.39, 0.29) is 5.60 Å². The molecule has 1 aliphatic rings. The van der Waals surface area contributed by atoms with Gasteiger partial charge in [-0.2, -0.15) is 0 Å². The summed E-state index contributed by atoms with van der Waals surface area (Å²) in [6.07, 6.45) is 1.25. The van der Waals surface area contributed by atoms with Crippen molar-refractivity contribution in [1.29, 1.82) is 0 Å².